The average Bonchev–Trinajstić information content (AvgIpc) is 2.87. The van der Waals surface area contributed by atoms with Crippen molar-refractivity contribution in [3.05, 3.63) is 64.7 Å². The van der Waals surface area contributed by atoms with Crippen molar-refractivity contribution < 1.29 is 27.5 Å². The molecule has 34 heavy (non-hydrogen) atoms. The Labute approximate surface area is 200 Å². The maximum absolute atomic E-state index is 12.8. The first kappa shape index (κ1) is 24.4. The van der Waals surface area contributed by atoms with Gasteiger partial charge >= 0.3 is 5.97 Å². The monoisotopic (exact) mass is 486 g/mol. The zero-order valence-corrected chi connectivity index (χ0v) is 20.1. The Morgan fingerprint density at radius 3 is 2.56 bits per heavy atom. The number of rotatable bonds is 7. The first-order valence-electron chi connectivity index (χ1n) is 11.6. The van der Waals surface area contributed by atoms with E-state index in [-0.39, 0.29) is 29.6 Å². The number of aryl methyl sites for hydroxylation is 2. The van der Waals surface area contributed by atoms with E-state index in [4.69, 9.17) is 9.47 Å². The third-order valence-electron chi connectivity index (χ3n) is 6.26. The summed E-state index contributed by atoms with van der Waals surface area (Å²) in [4.78, 5) is 24.9. The minimum Gasteiger partial charge on any atom is -0.452 e. The van der Waals surface area contributed by atoms with Gasteiger partial charge in [-0.25, -0.2) is 13.2 Å². The summed E-state index contributed by atoms with van der Waals surface area (Å²) in [5, 5.41) is 2.86. The van der Waals surface area contributed by atoms with E-state index in [0.29, 0.717) is 13.2 Å². The van der Waals surface area contributed by atoms with Gasteiger partial charge in [0.05, 0.1) is 29.7 Å². The third-order valence-corrected chi connectivity index (χ3v) is 8.16. The number of carbonyl (C=O) groups is 2. The second-order valence-corrected chi connectivity index (χ2v) is 10.6. The van der Waals surface area contributed by atoms with Crippen LogP contribution in [0.5, 0.6) is 0 Å². The molecule has 9 heteroatoms. The van der Waals surface area contributed by atoms with Crippen LogP contribution in [-0.2, 0) is 37.1 Å². The van der Waals surface area contributed by atoms with E-state index < -0.39 is 28.5 Å². The summed E-state index contributed by atoms with van der Waals surface area (Å²) in [5.74, 6) is -1.17. The number of benzene rings is 2. The number of hydrogen-bond acceptors (Lipinski definition) is 6. The lowest BCUT2D eigenvalue weighted by Gasteiger charge is -2.26. The van der Waals surface area contributed by atoms with Gasteiger partial charge in [0.2, 0.25) is 10.0 Å². The lowest BCUT2D eigenvalue weighted by atomic mass is 9.89. The highest BCUT2D eigenvalue weighted by molar-refractivity contribution is 7.89. The van der Waals surface area contributed by atoms with Crippen LogP contribution in [0.1, 0.15) is 52.9 Å². The van der Waals surface area contributed by atoms with Crippen LogP contribution in [0.25, 0.3) is 0 Å². The smallest absolute Gasteiger partial charge is 0.338 e. The van der Waals surface area contributed by atoms with Crippen LogP contribution in [0, 0.1) is 0 Å². The Morgan fingerprint density at radius 1 is 1.06 bits per heavy atom. The number of hydrogen-bond donors (Lipinski definition) is 1. The topological polar surface area (TPSA) is 102 Å². The number of ether oxygens (including phenoxy) is 2. The first-order valence-corrected chi connectivity index (χ1v) is 13.0. The van der Waals surface area contributed by atoms with Crippen molar-refractivity contribution in [2.24, 2.45) is 0 Å². The maximum atomic E-state index is 12.8. The molecule has 1 fully saturated rings. The summed E-state index contributed by atoms with van der Waals surface area (Å²) in [6.45, 7) is 2.64. The van der Waals surface area contributed by atoms with Gasteiger partial charge in [-0.15, -0.1) is 0 Å². The Bertz CT molecular complexity index is 1160. The van der Waals surface area contributed by atoms with Gasteiger partial charge in [-0.1, -0.05) is 24.3 Å². The lowest BCUT2D eigenvalue weighted by Crippen LogP contribution is -2.40. The van der Waals surface area contributed by atoms with E-state index in [2.05, 4.69) is 17.4 Å². The van der Waals surface area contributed by atoms with Crippen molar-refractivity contribution in [3.63, 3.8) is 0 Å². The number of sulfonamides is 1. The lowest BCUT2D eigenvalue weighted by molar-refractivity contribution is -0.124. The Hall–Kier alpha value is -2.75. The maximum Gasteiger partial charge on any atom is 0.338 e. The summed E-state index contributed by atoms with van der Waals surface area (Å²) in [7, 11) is -3.74. The number of nitrogens with zero attached hydrogens (tertiary/aromatic N) is 1. The molecule has 8 nitrogen and oxygen atoms in total. The zero-order chi connectivity index (χ0) is 24.1. The van der Waals surface area contributed by atoms with Crippen LogP contribution in [0.3, 0.4) is 0 Å². The van der Waals surface area contributed by atoms with Crippen LogP contribution >= 0.6 is 0 Å². The molecule has 4 rings (SSSR count). The minimum absolute atomic E-state index is 0.00864. The third kappa shape index (κ3) is 5.65. The molecule has 0 saturated carbocycles. The first-order chi connectivity index (χ1) is 16.3. The van der Waals surface area contributed by atoms with E-state index in [1.165, 1.54) is 52.5 Å². The molecule has 182 valence electrons. The zero-order valence-electron chi connectivity index (χ0n) is 19.3. The Morgan fingerprint density at radius 2 is 1.79 bits per heavy atom. The standard InChI is InChI=1S/C25H30N2O6S/c1-18(20-10-9-19-5-2-3-6-21(19)15-20)26-24(28)17-33-25(29)22-7-4-8-23(16-22)34(30,31)27-11-13-32-14-12-27/h4,7-10,15-16,18H,2-3,5-6,11-14,17H2,1H3,(H,26,28). The SMILES string of the molecule is CC(NC(=O)COC(=O)c1cccc(S(=O)(=O)N2CCOCC2)c1)c1ccc2c(c1)CCCC2. The molecule has 2 aromatic rings. The number of esters is 1. The van der Waals surface area contributed by atoms with Gasteiger partial charge in [0.15, 0.2) is 6.61 Å². The second kappa shape index (κ2) is 10.7. The van der Waals surface area contributed by atoms with E-state index >= 15 is 0 Å². The quantitative estimate of drug-likeness (QED) is 0.604. The highest BCUT2D eigenvalue weighted by Gasteiger charge is 2.27. The molecule has 0 spiro atoms. The molecule has 1 unspecified atom stereocenters. The van der Waals surface area contributed by atoms with Gasteiger partial charge in [-0.2, -0.15) is 4.31 Å². The van der Waals surface area contributed by atoms with Crippen LogP contribution in [-0.4, -0.2) is 57.5 Å². The number of carbonyl (C=O) groups excluding carboxylic acids is 2. The predicted molar refractivity (Wildman–Crippen MR) is 126 cm³/mol. The Kier molecular flexibility index (Phi) is 7.65. The van der Waals surface area contributed by atoms with Gasteiger partial charge in [-0.05, 0) is 67.5 Å². The molecular weight excluding hydrogens is 456 g/mol. The van der Waals surface area contributed by atoms with Crippen LogP contribution in [0.2, 0.25) is 0 Å². The van der Waals surface area contributed by atoms with Crippen molar-refractivity contribution in [3.8, 4) is 0 Å². The summed E-state index contributed by atoms with van der Waals surface area (Å²) >= 11 is 0. The van der Waals surface area contributed by atoms with Gasteiger partial charge in [-0.3, -0.25) is 4.79 Å². The summed E-state index contributed by atoms with van der Waals surface area (Å²) < 4.78 is 37.3. The van der Waals surface area contributed by atoms with Crippen molar-refractivity contribution >= 4 is 21.9 Å². The fourth-order valence-electron chi connectivity index (χ4n) is 4.32. The van der Waals surface area contributed by atoms with E-state index in [9.17, 15) is 18.0 Å². The second-order valence-electron chi connectivity index (χ2n) is 8.64. The van der Waals surface area contributed by atoms with E-state index in [1.54, 1.807) is 0 Å². The van der Waals surface area contributed by atoms with E-state index in [1.807, 2.05) is 13.0 Å². The number of amides is 1. The van der Waals surface area contributed by atoms with Crippen molar-refractivity contribution in [1.82, 2.24) is 9.62 Å². The minimum atomic E-state index is -3.74. The molecule has 2 aliphatic rings. The summed E-state index contributed by atoms with van der Waals surface area (Å²) in [6, 6.07) is 11.8. The van der Waals surface area contributed by atoms with Crippen LogP contribution in [0.15, 0.2) is 47.4 Å². The Balaban J connectivity index is 1.33. The fraction of sp³-hybridized carbons (Fsp3) is 0.440. The molecule has 1 N–H and O–H groups in total. The number of fused-ring (bicyclic) bond motifs is 1. The normalized spacial score (nSPS) is 17.4. The van der Waals surface area contributed by atoms with Crippen molar-refractivity contribution in [2.75, 3.05) is 32.9 Å². The summed E-state index contributed by atoms with van der Waals surface area (Å²) in [6.07, 6.45) is 4.55. The molecule has 0 aromatic heterocycles. The number of nitrogens with one attached hydrogen (secondary N) is 1. The molecule has 1 atom stereocenters. The largest absolute Gasteiger partial charge is 0.452 e. The van der Waals surface area contributed by atoms with Gasteiger partial charge in [0, 0.05) is 13.1 Å². The van der Waals surface area contributed by atoms with E-state index in [0.717, 1.165) is 18.4 Å². The van der Waals surface area contributed by atoms with Gasteiger partial charge in [0.1, 0.15) is 0 Å². The highest BCUT2D eigenvalue weighted by Crippen LogP contribution is 2.25. The molecule has 0 radical (unpaired) electrons. The molecule has 1 saturated heterocycles. The van der Waals surface area contributed by atoms with Gasteiger partial charge in [0.25, 0.3) is 5.91 Å². The number of morpholine rings is 1. The van der Waals surface area contributed by atoms with Crippen molar-refractivity contribution in [1.29, 1.82) is 0 Å². The molecular formula is C25H30N2O6S. The van der Waals surface area contributed by atoms with Crippen molar-refractivity contribution in [2.45, 2.75) is 43.5 Å². The van der Waals surface area contributed by atoms with Gasteiger partial charge < -0.3 is 14.8 Å². The van der Waals surface area contributed by atoms with Crippen LogP contribution < -0.4 is 5.32 Å². The summed E-state index contributed by atoms with van der Waals surface area (Å²) in [5.41, 5.74) is 3.80. The highest BCUT2D eigenvalue weighted by atomic mass is 32.2. The molecule has 0 bridgehead atoms. The molecule has 2 aromatic carbocycles. The van der Waals surface area contributed by atoms with Crippen LogP contribution in [0.4, 0.5) is 0 Å². The predicted octanol–water partition coefficient (Wildman–Crippen LogP) is 2.62. The average molecular weight is 487 g/mol. The molecule has 1 aliphatic heterocycles. The fourth-order valence-corrected chi connectivity index (χ4v) is 5.78. The molecule has 1 amide bonds. The molecule has 1 aliphatic carbocycles. The molecule has 1 heterocycles.